The zero-order chi connectivity index (χ0) is 15.6. The van der Waals surface area contributed by atoms with Gasteiger partial charge in [-0.1, -0.05) is 19.3 Å². The molecule has 1 saturated heterocycles. The van der Waals surface area contributed by atoms with Crippen LogP contribution in [-0.2, 0) is 9.84 Å². The lowest BCUT2D eigenvalue weighted by molar-refractivity contribution is 0.239. The van der Waals surface area contributed by atoms with Crippen molar-refractivity contribution in [3.8, 4) is 0 Å². The van der Waals surface area contributed by atoms with Crippen LogP contribution in [0.3, 0.4) is 0 Å². The van der Waals surface area contributed by atoms with E-state index in [1.165, 1.54) is 38.5 Å². The summed E-state index contributed by atoms with van der Waals surface area (Å²) in [5, 5.41) is 6.88. The van der Waals surface area contributed by atoms with Gasteiger partial charge in [0.1, 0.15) is 0 Å². The molecule has 0 amide bonds. The molecule has 3 rings (SSSR count). The Morgan fingerprint density at radius 3 is 2.61 bits per heavy atom. The minimum absolute atomic E-state index is 0. The number of halogens is 1. The molecular weight excluding hydrogens is 425 g/mol. The highest BCUT2D eigenvalue weighted by molar-refractivity contribution is 14.0. The first-order valence-corrected chi connectivity index (χ1v) is 10.6. The molecule has 3 aliphatic rings. The Morgan fingerprint density at radius 1 is 1.13 bits per heavy atom. The molecule has 0 aromatic heterocycles. The maximum atomic E-state index is 11.5. The van der Waals surface area contributed by atoms with Gasteiger partial charge in [0.05, 0.1) is 11.5 Å². The number of nitrogens with one attached hydrogen (secondary N) is 2. The Bertz CT molecular complexity index is 523. The summed E-state index contributed by atoms with van der Waals surface area (Å²) in [6.07, 6.45) is 8.86. The van der Waals surface area contributed by atoms with Gasteiger partial charge in [-0.15, -0.1) is 24.0 Å². The van der Waals surface area contributed by atoms with Crippen LogP contribution in [0.15, 0.2) is 4.99 Å². The number of aliphatic imine (C=N–C) groups is 1. The lowest BCUT2D eigenvalue weighted by Crippen LogP contribution is -2.47. The van der Waals surface area contributed by atoms with Crippen LogP contribution in [-0.4, -0.2) is 45.5 Å². The van der Waals surface area contributed by atoms with Gasteiger partial charge in [0.2, 0.25) is 0 Å². The van der Waals surface area contributed by atoms with Gasteiger partial charge in [-0.2, -0.15) is 0 Å². The second kappa shape index (κ2) is 8.36. The summed E-state index contributed by atoms with van der Waals surface area (Å²) in [6.45, 7) is 0.706. The van der Waals surface area contributed by atoms with E-state index < -0.39 is 9.84 Å². The van der Waals surface area contributed by atoms with Crippen molar-refractivity contribution >= 4 is 39.8 Å². The third-order valence-electron chi connectivity index (χ3n) is 5.74. The summed E-state index contributed by atoms with van der Waals surface area (Å²) in [6, 6.07) is 0.526. The first-order valence-electron chi connectivity index (χ1n) is 8.73. The molecule has 3 fully saturated rings. The van der Waals surface area contributed by atoms with Gasteiger partial charge in [-0.05, 0) is 43.4 Å². The molecule has 0 radical (unpaired) electrons. The van der Waals surface area contributed by atoms with Crippen LogP contribution >= 0.6 is 24.0 Å². The van der Waals surface area contributed by atoms with Crippen molar-refractivity contribution in [2.24, 2.45) is 22.7 Å². The van der Waals surface area contributed by atoms with E-state index >= 15 is 0 Å². The van der Waals surface area contributed by atoms with Crippen LogP contribution < -0.4 is 10.6 Å². The SMILES string of the molecule is CN=C(NCC1CCS(=O)(=O)C1)NC1CCC2CCCC2C1.I. The average molecular weight is 455 g/mol. The number of guanidine groups is 1. The Balaban J connectivity index is 0.00000192. The third-order valence-corrected chi connectivity index (χ3v) is 7.58. The summed E-state index contributed by atoms with van der Waals surface area (Å²) in [5.41, 5.74) is 0. The van der Waals surface area contributed by atoms with Crippen molar-refractivity contribution in [3.05, 3.63) is 0 Å². The van der Waals surface area contributed by atoms with E-state index in [-0.39, 0.29) is 29.9 Å². The molecule has 4 unspecified atom stereocenters. The van der Waals surface area contributed by atoms with Crippen LogP contribution in [0.25, 0.3) is 0 Å². The number of rotatable bonds is 3. The van der Waals surface area contributed by atoms with E-state index in [0.29, 0.717) is 24.1 Å². The van der Waals surface area contributed by atoms with Gasteiger partial charge < -0.3 is 10.6 Å². The first-order chi connectivity index (χ1) is 10.6. The van der Waals surface area contributed by atoms with Crippen LogP contribution in [0, 0.1) is 17.8 Å². The molecule has 23 heavy (non-hydrogen) atoms. The standard InChI is InChI=1S/C16H29N3O2S.HI/c1-17-16(18-10-12-7-8-22(20,21)11-12)19-15-6-5-13-3-2-4-14(13)9-15;/h12-15H,2-11H2,1H3,(H2,17,18,19);1H. The maximum absolute atomic E-state index is 11.5. The lowest BCUT2D eigenvalue weighted by atomic mass is 9.79. The molecule has 0 aromatic carbocycles. The highest BCUT2D eigenvalue weighted by Gasteiger charge is 2.34. The van der Waals surface area contributed by atoms with Crippen molar-refractivity contribution in [3.63, 3.8) is 0 Å². The van der Waals surface area contributed by atoms with Crippen molar-refractivity contribution in [2.45, 2.75) is 51.0 Å². The monoisotopic (exact) mass is 455 g/mol. The Kier molecular flexibility index (Phi) is 7.01. The molecular formula is C16H30IN3O2S. The molecule has 2 saturated carbocycles. The Labute approximate surface area is 157 Å². The average Bonchev–Trinajstić information content (AvgIpc) is 3.08. The molecule has 0 bridgehead atoms. The highest BCUT2D eigenvalue weighted by Crippen LogP contribution is 2.41. The molecule has 7 heteroatoms. The number of hydrogen-bond acceptors (Lipinski definition) is 3. The molecule has 4 atom stereocenters. The van der Waals surface area contributed by atoms with Crippen LogP contribution in [0.2, 0.25) is 0 Å². The topological polar surface area (TPSA) is 70.6 Å². The molecule has 134 valence electrons. The van der Waals surface area contributed by atoms with E-state index in [2.05, 4.69) is 15.6 Å². The summed E-state index contributed by atoms with van der Waals surface area (Å²) >= 11 is 0. The predicted molar refractivity (Wildman–Crippen MR) is 105 cm³/mol. The van der Waals surface area contributed by atoms with Crippen LogP contribution in [0.1, 0.15) is 44.9 Å². The third kappa shape index (κ3) is 5.21. The number of fused-ring (bicyclic) bond motifs is 1. The van der Waals surface area contributed by atoms with Gasteiger partial charge >= 0.3 is 0 Å². The first kappa shape index (κ1) is 19.3. The van der Waals surface area contributed by atoms with Crippen LogP contribution in [0.4, 0.5) is 0 Å². The minimum atomic E-state index is -2.79. The van der Waals surface area contributed by atoms with Crippen molar-refractivity contribution < 1.29 is 8.42 Å². The fourth-order valence-corrected chi connectivity index (χ4v) is 6.36. The molecule has 0 spiro atoms. The van der Waals surface area contributed by atoms with Crippen molar-refractivity contribution in [1.82, 2.24) is 10.6 Å². The minimum Gasteiger partial charge on any atom is -0.356 e. The Hall–Kier alpha value is -0.0500. The molecule has 1 heterocycles. The molecule has 0 aromatic rings. The largest absolute Gasteiger partial charge is 0.356 e. The van der Waals surface area contributed by atoms with E-state index in [4.69, 9.17) is 0 Å². The van der Waals surface area contributed by atoms with Gasteiger partial charge in [-0.25, -0.2) is 8.42 Å². The van der Waals surface area contributed by atoms with E-state index in [0.717, 1.165) is 24.2 Å². The molecule has 2 N–H and O–H groups in total. The van der Waals surface area contributed by atoms with Gasteiger partial charge in [0.15, 0.2) is 15.8 Å². The number of hydrogen-bond donors (Lipinski definition) is 2. The van der Waals surface area contributed by atoms with Gasteiger partial charge in [-0.3, -0.25) is 4.99 Å². The normalized spacial score (nSPS) is 36.1. The van der Waals surface area contributed by atoms with E-state index in [1.807, 2.05) is 0 Å². The smallest absolute Gasteiger partial charge is 0.191 e. The van der Waals surface area contributed by atoms with Crippen molar-refractivity contribution in [2.75, 3.05) is 25.1 Å². The summed E-state index contributed by atoms with van der Waals surface area (Å²) in [4.78, 5) is 4.31. The summed E-state index contributed by atoms with van der Waals surface area (Å²) in [7, 11) is -0.994. The second-order valence-corrected chi connectivity index (χ2v) is 9.56. The zero-order valence-electron chi connectivity index (χ0n) is 14.0. The molecule has 5 nitrogen and oxygen atoms in total. The van der Waals surface area contributed by atoms with Gasteiger partial charge in [0, 0.05) is 19.6 Å². The quantitative estimate of drug-likeness (QED) is 0.389. The van der Waals surface area contributed by atoms with Crippen LogP contribution in [0.5, 0.6) is 0 Å². The highest BCUT2D eigenvalue weighted by atomic mass is 127. The number of nitrogens with zero attached hydrogens (tertiary/aromatic N) is 1. The molecule has 2 aliphatic carbocycles. The van der Waals surface area contributed by atoms with E-state index in [9.17, 15) is 8.42 Å². The fourth-order valence-electron chi connectivity index (χ4n) is 4.50. The van der Waals surface area contributed by atoms with Crippen molar-refractivity contribution in [1.29, 1.82) is 0 Å². The molecule has 1 aliphatic heterocycles. The number of sulfone groups is 1. The summed E-state index contributed by atoms with van der Waals surface area (Å²) in [5.74, 6) is 3.61. The Morgan fingerprint density at radius 2 is 1.91 bits per heavy atom. The summed E-state index contributed by atoms with van der Waals surface area (Å²) < 4.78 is 23.0. The van der Waals surface area contributed by atoms with Gasteiger partial charge in [0.25, 0.3) is 0 Å². The lowest BCUT2D eigenvalue weighted by Gasteiger charge is -2.33. The van der Waals surface area contributed by atoms with E-state index in [1.54, 1.807) is 7.05 Å². The second-order valence-electron chi connectivity index (χ2n) is 7.33. The maximum Gasteiger partial charge on any atom is 0.191 e. The fraction of sp³-hybridized carbons (Fsp3) is 0.938. The zero-order valence-corrected chi connectivity index (χ0v) is 17.1. The predicted octanol–water partition coefficient (Wildman–Crippen LogP) is 2.17.